The molecular weight excluding hydrogens is 272 g/mol. The molecule has 4 nitrogen and oxygen atoms in total. The van der Waals surface area contributed by atoms with Crippen LogP contribution in [0.1, 0.15) is 19.4 Å². The van der Waals surface area contributed by atoms with Gasteiger partial charge in [-0.05, 0) is 26.0 Å². The molecule has 1 saturated heterocycles. The molecular formula is C15H22N2O2S. The van der Waals surface area contributed by atoms with Gasteiger partial charge in [-0.2, -0.15) is 0 Å². The fraction of sp³-hybridized carbons (Fsp3) is 0.533. The lowest BCUT2D eigenvalue weighted by Gasteiger charge is -2.35. The maximum Gasteiger partial charge on any atom is 0.129 e. The lowest BCUT2D eigenvalue weighted by molar-refractivity contribution is -0.0699. The molecule has 2 unspecified atom stereocenters. The molecule has 2 rings (SSSR count). The number of thiocarbonyl (C=S) groups is 1. The Morgan fingerprint density at radius 2 is 2.00 bits per heavy atom. The highest BCUT2D eigenvalue weighted by Crippen LogP contribution is 2.18. The smallest absolute Gasteiger partial charge is 0.129 e. The molecule has 0 bridgehead atoms. The molecule has 1 heterocycles. The Hall–Kier alpha value is -1.17. The number of benzene rings is 1. The van der Waals surface area contributed by atoms with Crippen LogP contribution in [0.4, 0.5) is 0 Å². The van der Waals surface area contributed by atoms with Gasteiger partial charge in [0, 0.05) is 19.6 Å². The zero-order valence-corrected chi connectivity index (χ0v) is 12.9. The number of rotatable bonds is 5. The predicted molar refractivity (Wildman–Crippen MR) is 84.3 cm³/mol. The van der Waals surface area contributed by atoms with E-state index in [-0.39, 0.29) is 12.2 Å². The molecule has 1 fully saturated rings. The first-order chi connectivity index (χ1) is 9.56. The molecule has 110 valence electrons. The summed E-state index contributed by atoms with van der Waals surface area (Å²) in [6.07, 6.45) is 0.560. The third kappa shape index (κ3) is 4.16. The van der Waals surface area contributed by atoms with Crippen molar-refractivity contribution in [3.63, 3.8) is 0 Å². The van der Waals surface area contributed by atoms with Gasteiger partial charge in [-0.3, -0.25) is 4.90 Å². The zero-order valence-electron chi connectivity index (χ0n) is 12.0. The maximum absolute atomic E-state index is 5.82. The molecule has 1 aliphatic rings. The number of nitrogens with two attached hydrogens (primary N) is 1. The van der Waals surface area contributed by atoms with E-state index < -0.39 is 0 Å². The van der Waals surface area contributed by atoms with E-state index in [0.29, 0.717) is 11.6 Å². The molecule has 0 amide bonds. The molecule has 2 N–H and O–H groups in total. The fourth-order valence-corrected chi connectivity index (χ4v) is 2.72. The van der Waals surface area contributed by atoms with E-state index >= 15 is 0 Å². The first-order valence-corrected chi connectivity index (χ1v) is 7.36. The van der Waals surface area contributed by atoms with Gasteiger partial charge in [0.15, 0.2) is 0 Å². The van der Waals surface area contributed by atoms with Gasteiger partial charge in [0.25, 0.3) is 0 Å². The van der Waals surface area contributed by atoms with Crippen LogP contribution in [0.25, 0.3) is 0 Å². The van der Waals surface area contributed by atoms with E-state index in [0.717, 1.165) is 30.9 Å². The van der Waals surface area contributed by atoms with Crippen molar-refractivity contribution in [3.05, 3.63) is 29.8 Å². The van der Waals surface area contributed by atoms with Gasteiger partial charge >= 0.3 is 0 Å². The van der Waals surface area contributed by atoms with E-state index in [2.05, 4.69) is 18.7 Å². The predicted octanol–water partition coefficient (Wildman–Crippen LogP) is 1.81. The van der Waals surface area contributed by atoms with E-state index in [1.165, 1.54) is 0 Å². The molecule has 2 atom stereocenters. The number of hydrogen-bond acceptors (Lipinski definition) is 4. The van der Waals surface area contributed by atoms with Crippen LogP contribution in [-0.4, -0.2) is 48.3 Å². The van der Waals surface area contributed by atoms with Crippen LogP contribution >= 0.6 is 12.2 Å². The second kappa shape index (κ2) is 7.02. The van der Waals surface area contributed by atoms with Gasteiger partial charge in [0.05, 0.1) is 17.8 Å². The van der Waals surface area contributed by atoms with Crippen molar-refractivity contribution in [2.75, 3.05) is 26.2 Å². The van der Waals surface area contributed by atoms with Crippen LogP contribution in [0.15, 0.2) is 24.3 Å². The van der Waals surface area contributed by atoms with E-state index in [9.17, 15) is 0 Å². The highest BCUT2D eigenvalue weighted by Gasteiger charge is 2.21. The Morgan fingerprint density at radius 3 is 2.65 bits per heavy atom. The van der Waals surface area contributed by atoms with Crippen molar-refractivity contribution in [2.45, 2.75) is 26.1 Å². The van der Waals surface area contributed by atoms with Gasteiger partial charge in [-0.25, -0.2) is 0 Å². The van der Waals surface area contributed by atoms with Gasteiger partial charge in [0.1, 0.15) is 17.3 Å². The van der Waals surface area contributed by atoms with E-state index in [4.69, 9.17) is 27.4 Å². The normalized spacial score (nSPS) is 23.5. The third-order valence-electron chi connectivity index (χ3n) is 3.31. The second-order valence-corrected chi connectivity index (χ2v) is 5.67. The van der Waals surface area contributed by atoms with Crippen molar-refractivity contribution >= 4 is 17.2 Å². The minimum atomic E-state index is 0.280. The molecule has 0 spiro atoms. The average Bonchev–Trinajstić information content (AvgIpc) is 2.38. The van der Waals surface area contributed by atoms with Crippen molar-refractivity contribution < 1.29 is 9.47 Å². The summed E-state index contributed by atoms with van der Waals surface area (Å²) >= 11 is 5.03. The van der Waals surface area contributed by atoms with E-state index in [1.807, 2.05) is 24.3 Å². The van der Waals surface area contributed by atoms with Crippen LogP contribution in [0.2, 0.25) is 0 Å². The minimum Gasteiger partial charge on any atom is -0.492 e. The lowest BCUT2D eigenvalue weighted by Crippen LogP contribution is -2.46. The lowest BCUT2D eigenvalue weighted by atomic mass is 10.2. The number of nitrogens with zero attached hydrogens (tertiary/aromatic N) is 1. The number of hydrogen-bond donors (Lipinski definition) is 1. The zero-order chi connectivity index (χ0) is 14.5. The minimum absolute atomic E-state index is 0.280. The topological polar surface area (TPSA) is 47.7 Å². The Labute approximate surface area is 125 Å². The molecule has 1 aromatic carbocycles. The van der Waals surface area contributed by atoms with Crippen LogP contribution in [0, 0.1) is 0 Å². The Kier molecular flexibility index (Phi) is 5.34. The number of ether oxygens (including phenoxy) is 2. The quantitative estimate of drug-likeness (QED) is 0.839. The van der Waals surface area contributed by atoms with Crippen LogP contribution in [0.5, 0.6) is 5.75 Å². The van der Waals surface area contributed by atoms with Gasteiger partial charge in [-0.1, -0.05) is 24.4 Å². The third-order valence-corrected chi connectivity index (χ3v) is 3.53. The molecule has 1 aliphatic heterocycles. The highest BCUT2D eigenvalue weighted by atomic mass is 32.1. The Balaban J connectivity index is 1.85. The van der Waals surface area contributed by atoms with Crippen molar-refractivity contribution in [3.8, 4) is 5.75 Å². The maximum atomic E-state index is 5.82. The van der Waals surface area contributed by atoms with E-state index in [1.54, 1.807) is 0 Å². The summed E-state index contributed by atoms with van der Waals surface area (Å²) in [4.78, 5) is 2.73. The summed E-state index contributed by atoms with van der Waals surface area (Å²) in [5, 5.41) is 0. The number of morpholine rings is 1. The Bertz CT molecular complexity index is 457. The SMILES string of the molecule is CC1CN(CCOc2ccccc2C(N)=S)CC(C)O1. The summed E-state index contributed by atoms with van der Waals surface area (Å²) in [5.74, 6) is 0.759. The van der Waals surface area contributed by atoms with Crippen LogP contribution < -0.4 is 10.5 Å². The van der Waals surface area contributed by atoms with Gasteiger partial charge in [-0.15, -0.1) is 0 Å². The first-order valence-electron chi connectivity index (χ1n) is 6.95. The Morgan fingerprint density at radius 1 is 1.35 bits per heavy atom. The molecule has 1 aromatic rings. The first kappa shape index (κ1) is 15.2. The summed E-state index contributed by atoms with van der Waals surface area (Å²) < 4.78 is 11.5. The summed E-state index contributed by atoms with van der Waals surface area (Å²) in [5.41, 5.74) is 6.49. The molecule has 0 aliphatic carbocycles. The summed E-state index contributed by atoms with van der Waals surface area (Å²) in [6, 6.07) is 7.62. The van der Waals surface area contributed by atoms with Gasteiger partial charge in [0.2, 0.25) is 0 Å². The number of para-hydroxylation sites is 1. The largest absolute Gasteiger partial charge is 0.492 e. The molecule has 0 radical (unpaired) electrons. The molecule has 5 heteroatoms. The standard InChI is InChI=1S/C15H22N2O2S/c1-11-9-17(10-12(2)19-11)7-8-18-14-6-4-3-5-13(14)15(16)20/h3-6,11-12H,7-10H2,1-2H3,(H2,16,20). The molecule has 0 saturated carbocycles. The second-order valence-electron chi connectivity index (χ2n) is 5.23. The monoisotopic (exact) mass is 294 g/mol. The highest BCUT2D eigenvalue weighted by molar-refractivity contribution is 7.80. The van der Waals surface area contributed by atoms with Crippen LogP contribution in [0.3, 0.4) is 0 Å². The molecule has 0 aromatic heterocycles. The van der Waals surface area contributed by atoms with Gasteiger partial charge < -0.3 is 15.2 Å². The fourth-order valence-electron chi connectivity index (χ4n) is 2.55. The van der Waals surface area contributed by atoms with Crippen molar-refractivity contribution in [1.82, 2.24) is 4.90 Å². The van der Waals surface area contributed by atoms with Crippen molar-refractivity contribution in [1.29, 1.82) is 0 Å². The average molecular weight is 294 g/mol. The molecule has 20 heavy (non-hydrogen) atoms. The van der Waals surface area contributed by atoms with Crippen LogP contribution in [-0.2, 0) is 4.74 Å². The summed E-state index contributed by atoms with van der Waals surface area (Å²) in [7, 11) is 0. The summed E-state index contributed by atoms with van der Waals surface area (Å²) in [6.45, 7) is 7.61. The van der Waals surface area contributed by atoms with Crippen molar-refractivity contribution in [2.24, 2.45) is 5.73 Å².